The second-order valence-electron chi connectivity index (χ2n) is 4.76. The summed E-state index contributed by atoms with van der Waals surface area (Å²) in [6.45, 7) is 2.09. The van der Waals surface area contributed by atoms with Crippen LogP contribution in [-0.2, 0) is 24.1 Å². The summed E-state index contributed by atoms with van der Waals surface area (Å²) in [6.07, 6.45) is 1.71. The maximum atomic E-state index is 5.72. The number of rotatable bonds is 6. The molecule has 0 radical (unpaired) electrons. The molecule has 0 aliphatic carbocycles. The number of methoxy groups -OCH3 is 1. The number of nitrogens with one attached hydrogen (secondary N) is 1. The molecule has 5 nitrogen and oxygen atoms in total. The third-order valence-corrected chi connectivity index (χ3v) is 4.42. The molecule has 0 saturated heterocycles. The largest absolute Gasteiger partial charge is 0.493 e. The van der Waals surface area contributed by atoms with E-state index in [1.165, 1.54) is 17.1 Å². The molecule has 0 atom stereocenters. The molecule has 1 N–H and O–H groups in total. The number of nitrogens with zero attached hydrogens (tertiary/aromatic N) is 2. The SMILES string of the molecule is COCCc1nsc(NCc2cc(Br)cc3c2OCC3)n1. The fourth-order valence-corrected chi connectivity index (χ4v) is 3.43. The number of halogens is 1. The Hall–Kier alpha value is -1.18. The molecule has 21 heavy (non-hydrogen) atoms. The van der Waals surface area contributed by atoms with Gasteiger partial charge in [-0.2, -0.15) is 4.37 Å². The Bertz CT molecular complexity index is 633. The molecule has 2 heterocycles. The Morgan fingerprint density at radius 1 is 1.48 bits per heavy atom. The van der Waals surface area contributed by atoms with Crippen molar-refractivity contribution in [2.75, 3.05) is 25.6 Å². The first-order valence-corrected chi connectivity index (χ1v) is 8.32. The number of benzene rings is 1. The third kappa shape index (κ3) is 3.53. The average Bonchev–Trinajstić information content (AvgIpc) is 3.11. The van der Waals surface area contributed by atoms with Crippen molar-refractivity contribution in [3.63, 3.8) is 0 Å². The molecule has 112 valence electrons. The predicted octanol–water partition coefficient (Wildman–Crippen LogP) is 3.04. The predicted molar refractivity (Wildman–Crippen MR) is 86.2 cm³/mol. The number of hydrogen-bond donors (Lipinski definition) is 1. The second-order valence-corrected chi connectivity index (χ2v) is 6.43. The Morgan fingerprint density at radius 2 is 2.38 bits per heavy atom. The van der Waals surface area contributed by atoms with Crippen molar-refractivity contribution in [1.82, 2.24) is 9.36 Å². The van der Waals surface area contributed by atoms with E-state index in [9.17, 15) is 0 Å². The third-order valence-electron chi connectivity index (χ3n) is 3.25. The number of hydrogen-bond acceptors (Lipinski definition) is 6. The lowest BCUT2D eigenvalue weighted by atomic mass is 10.1. The molecule has 1 aromatic heterocycles. The summed E-state index contributed by atoms with van der Waals surface area (Å²) in [4.78, 5) is 4.44. The second kappa shape index (κ2) is 6.72. The van der Waals surface area contributed by atoms with E-state index in [2.05, 4.69) is 42.7 Å². The number of fused-ring (bicyclic) bond motifs is 1. The van der Waals surface area contributed by atoms with Crippen molar-refractivity contribution < 1.29 is 9.47 Å². The minimum atomic E-state index is 0.642. The van der Waals surface area contributed by atoms with Crippen LogP contribution in [0.4, 0.5) is 5.13 Å². The zero-order valence-electron chi connectivity index (χ0n) is 11.7. The zero-order valence-corrected chi connectivity index (χ0v) is 14.1. The van der Waals surface area contributed by atoms with Crippen LogP contribution in [0.25, 0.3) is 0 Å². The van der Waals surface area contributed by atoms with Crippen molar-refractivity contribution in [3.05, 3.63) is 33.6 Å². The highest BCUT2D eigenvalue weighted by atomic mass is 79.9. The van der Waals surface area contributed by atoms with Gasteiger partial charge in [0.25, 0.3) is 0 Å². The summed E-state index contributed by atoms with van der Waals surface area (Å²) in [6, 6.07) is 4.21. The van der Waals surface area contributed by atoms with Gasteiger partial charge in [-0.3, -0.25) is 0 Å². The van der Waals surface area contributed by atoms with E-state index in [1.54, 1.807) is 7.11 Å². The molecule has 0 bridgehead atoms. The van der Waals surface area contributed by atoms with Crippen LogP contribution in [0.2, 0.25) is 0 Å². The molecule has 2 aromatic rings. The number of ether oxygens (including phenoxy) is 2. The fraction of sp³-hybridized carbons (Fsp3) is 0.429. The summed E-state index contributed by atoms with van der Waals surface area (Å²) < 4.78 is 16.1. The number of aromatic nitrogens is 2. The first kappa shape index (κ1) is 14.7. The van der Waals surface area contributed by atoms with E-state index in [4.69, 9.17) is 9.47 Å². The van der Waals surface area contributed by atoms with Crippen molar-refractivity contribution in [1.29, 1.82) is 0 Å². The van der Waals surface area contributed by atoms with Crippen LogP contribution in [-0.4, -0.2) is 29.7 Å². The minimum absolute atomic E-state index is 0.642. The summed E-state index contributed by atoms with van der Waals surface area (Å²) in [7, 11) is 1.68. The smallest absolute Gasteiger partial charge is 0.202 e. The molecule has 0 unspecified atom stereocenters. The standard InChI is InChI=1S/C14H16BrN3O2S/c1-19-4-3-12-17-14(21-18-12)16-8-10-7-11(15)6-9-2-5-20-13(9)10/h6-7H,2-5,8H2,1H3,(H,16,17,18). The Balaban J connectivity index is 1.66. The summed E-state index contributed by atoms with van der Waals surface area (Å²) in [5.74, 6) is 1.83. The monoisotopic (exact) mass is 369 g/mol. The molecular formula is C14H16BrN3O2S. The Morgan fingerprint density at radius 3 is 3.24 bits per heavy atom. The quantitative estimate of drug-likeness (QED) is 0.847. The molecular weight excluding hydrogens is 354 g/mol. The molecule has 1 aromatic carbocycles. The van der Waals surface area contributed by atoms with Gasteiger partial charge in [0.05, 0.1) is 13.2 Å². The first-order valence-electron chi connectivity index (χ1n) is 6.76. The fourth-order valence-electron chi connectivity index (χ4n) is 2.27. The summed E-state index contributed by atoms with van der Waals surface area (Å²) >= 11 is 4.93. The van der Waals surface area contributed by atoms with Crippen molar-refractivity contribution >= 4 is 32.6 Å². The lowest BCUT2D eigenvalue weighted by Crippen LogP contribution is -2.02. The van der Waals surface area contributed by atoms with E-state index >= 15 is 0 Å². The molecule has 1 aliphatic rings. The van der Waals surface area contributed by atoms with Gasteiger partial charge in [-0.1, -0.05) is 15.9 Å². The molecule has 0 fully saturated rings. The molecule has 0 spiro atoms. The lowest BCUT2D eigenvalue weighted by molar-refractivity contribution is 0.201. The van der Waals surface area contributed by atoms with Gasteiger partial charge >= 0.3 is 0 Å². The van der Waals surface area contributed by atoms with Crippen molar-refractivity contribution in [3.8, 4) is 5.75 Å². The van der Waals surface area contributed by atoms with E-state index in [0.29, 0.717) is 13.2 Å². The summed E-state index contributed by atoms with van der Waals surface area (Å²) in [5.41, 5.74) is 2.41. The zero-order chi connectivity index (χ0) is 14.7. The van der Waals surface area contributed by atoms with Gasteiger partial charge in [0, 0.05) is 48.1 Å². The van der Waals surface area contributed by atoms with Gasteiger partial charge < -0.3 is 14.8 Å². The summed E-state index contributed by atoms with van der Waals surface area (Å²) in [5, 5.41) is 4.14. The van der Waals surface area contributed by atoms with Gasteiger partial charge in [0.1, 0.15) is 11.6 Å². The molecule has 7 heteroatoms. The molecule has 0 saturated carbocycles. The molecule has 1 aliphatic heterocycles. The highest BCUT2D eigenvalue weighted by Gasteiger charge is 2.17. The van der Waals surface area contributed by atoms with E-state index in [1.807, 2.05) is 0 Å². The van der Waals surface area contributed by atoms with Crippen molar-refractivity contribution in [2.45, 2.75) is 19.4 Å². The van der Waals surface area contributed by atoms with Gasteiger partial charge in [-0.25, -0.2) is 4.98 Å². The van der Waals surface area contributed by atoms with Crippen LogP contribution in [0.15, 0.2) is 16.6 Å². The highest BCUT2D eigenvalue weighted by Crippen LogP contribution is 2.33. The van der Waals surface area contributed by atoms with Crippen LogP contribution in [0.1, 0.15) is 17.0 Å². The van der Waals surface area contributed by atoms with Gasteiger partial charge in [-0.05, 0) is 17.7 Å². The lowest BCUT2D eigenvalue weighted by Gasteiger charge is -2.09. The van der Waals surface area contributed by atoms with E-state index < -0.39 is 0 Å². The molecule has 0 amide bonds. The maximum absolute atomic E-state index is 5.72. The average molecular weight is 370 g/mol. The van der Waals surface area contributed by atoms with Crippen LogP contribution < -0.4 is 10.1 Å². The van der Waals surface area contributed by atoms with Crippen LogP contribution in [0.3, 0.4) is 0 Å². The maximum Gasteiger partial charge on any atom is 0.202 e. The highest BCUT2D eigenvalue weighted by molar-refractivity contribution is 9.10. The minimum Gasteiger partial charge on any atom is -0.493 e. The number of anilines is 1. The van der Waals surface area contributed by atoms with Gasteiger partial charge in [0.2, 0.25) is 5.13 Å². The van der Waals surface area contributed by atoms with Crippen molar-refractivity contribution in [2.24, 2.45) is 0 Å². The Labute approximate surface area is 136 Å². The normalized spacial score (nSPS) is 13.0. The van der Waals surface area contributed by atoms with Crippen LogP contribution in [0, 0.1) is 0 Å². The van der Waals surface area contributed by atoms with Gasteiger partial charge in [-0.15, -0.1) is 0 Å². The van der Waals surface area contributed by atoms with E-state index in [0.717, 1.165) is 46.2 Å². The van der Waals surface area contributed by atoms with Crippen LogP contribution >= 0.6 is 27.5 Å². The van der Waals surface area contributed by atoms with E-state index in [-0.39, 0.29) is 0 Å². The van der Waals surface area contributed by atoms with Gasteiger partial charge in [0.15, 0.2) is 0 Å². The topological polar surface area (TPSA) is 56.3 Å². The first-order chi connectivity index (χ1) is 10.3. The molecule has 3 rings (SSSR count). The van der Waals surface area contributed by atoms with Crippen LogP contribution in [0.5, 0.6) is 5.75 Å². The Kier molecular flexibility index (Phi) is 4.72.